The number of H-pyrrole nitrogens is 1. The summed E-state index contributed by atoms with van der Waals surface area (Å²) in [6, 6.07) is 0. The fraction of sp³-hybridized carbons (Fsp3) is 0.500. The van der Waals surface area contributed by atoms with E-state index in [1.54, 1.807) is 7.05 Å². The van der Waals surface area contributed by atoms with Gasteiger partial charge in [-0.2, -0.15) is 0 Å². The van der Waals surface area contributed by atoms with Crippen LogP contribution in [-0.4, -0.2) is 33.2 Å². The molecule has 0 aromatic carbocycles. The van der Waals surface area contributed by atoms with E-state index in [9.17, 15) is 9.59 Å². The van der Waals surface area contributed by atoms with Gasteiger partial charge in [0, 0.05) is 14.1 Å². The van der Waals surface area contributed by atoms with Gasteiger partial charge in [0.05, 0.1) is 14.1 Å². The first-order valence-electron chi connectivity index (χ1n) is 5.35. The molecule has 7 nitrogen and oxygen atoms in total. The molecule has 0 spiro atoms. The largest absolute Gasteiger partial charge is 0.334 e. The quantitative estimate of drug-likeness (QED) is 0.612. The minimum Gasteiger partial charge on any atom is -0.334 e. The molecule has 0 radical (unpaired) electrons. The van der Waals surface area contributed by atoms with Gasteiger partial charge in [0.1, 0.15) is 12.1 Å². The summed E-state index contributed by atoms with van der Waals surface area (Å²) in [4.78, 5) is 32.0. The molecule has 0 aliphatic rings. The average Bonchev–Trinajstić information content (AvgIpc) is 2.66. The Kier molecular flexibility index (Phi) is 2.62. The minimum atomic E-state index is -0.363. The monoisotopic (exact) mass is 238 g/mol. The molecule has 0 atom stereocenters. The van der Waals surface area contributed by atoms with Gasteiger partial charge in [0.2, 0.25) is 0 Å². The lowest BCUT2D eigenvalue weighted by atomic mass is 10.5. The predicted octanol–water partition coefficient (Wildman–Crippen LogP) is -2.40. The lowest BCUT2D eigenvalue weighted by Gasteiger charge is -2.02. The molecule has 2 rings (SSSR count). The highest BCUT2D eigenvalue weighted by atomic mass is 16.2. The Bertz CT molecular complexity index is 676. The van der Waals surface area contributed by atoms with Crippen LogP contribution in [0.1, 0.15) is 5.82 Å². The van der Waals surface area contributed by atoms with E-state index in [0.717, 1.165) is 4.57 Å². The number of imidazole rings is 1. The van der Waals surface area contributed by atoms with Crippen LogP contribution in [0.25, 0.3) is 11.2 Å². The highest BCUT2D eigenvalue weighted by molar-refractivity contribution is 5.69. The van der Waals surface area contributed by atoms with Gasteiger partial charge in [-0.05, 0) is 0 Å². The molecule has 2 heterocycles. The lowest BCUT2D eigenvalue weighted by Crippen LogP contribution is -3.04. The summed E-state index contributed by atoms with van der Waals surface area (Å²) in [5.41, 5.74) is 0.0913. The summed E-state index contributed by atoms with van der Waals surface area (Å²) in [6.07, 6.45) is 0. The topological polar surface area (TPSA) is 77.1 Å². The van der Waals surface area contributed by atoms with E-state index in [1.807, 2.05) is 14.1 Å². The second-order valence-corrected chi connectivity index (χ2v) is 4.47. The van der Waals surface area contributed by atoms with Gasteiger partial charge in [0.15, 0.2) is 11.5 Å². The third-order valence-electron chi connectivity index (χ3n) is 2.66. The van der Waals surface area contributed by atoms with E-state index in [2.05, 4.69) is 9.97 Å². The molecule has 0 saturated heterocycles. The zero-order valence-corrected chi connectivity index (χ0v) is 10.4. The van der Waals surface area contributed by atoms with Gasteiger partial charge in [0.25, 0.3) is 5.56 Å². The van der Waals surface area contributed by atoms with Gasteiger partial charge >= 0.3 is 5.69 Å². The summed E-state index contributed by atoms with van der Waals surface area (Å²) in [7, 11) is 7.05. The zero-order chi connectivity index (χ0) is 12.7. The van der Waals surface area contributed by atoms with Crippen molar-refractivity contribution in [3.63, 3.8) is 0 Å². The summed E-state index contributed by atoms with van der Waals surface area (Å²) < 4.78 is 2.45. The Balaban J connectivity index is 2.77. The van der Waals surface area contributed by atoms with E-state index in [4.69, 9.17) is 0 Å². The summed E-state index contributed by atoms with van der Waals surface area (Å²) in [6.45, 7) is 0.673. The van der Waals surface area contributed by atoms with Crippen LogP contribution < -0.4 is 16.1 Å². The first-order chi connectivity index (χ1) is 7.91. The molecule has 0 amide bonds. The van der Waals surface area contributed by atoms with Gasteiger partial charge in [-0.3, -0.25) is 13.9 Å². The maximum Gasteiger partial charge on any atom is 0.332 e. The van der Waals surface area contributed by atoms with Crippen LogP contribution in [0.2, 0.25) is 0 Å². The molecule has 0 saturated carbocycles. The number of hydrogen-bond donors (Lipinski definition) is 2. The molecule has 0 aliphatic heterocycles. The minimum absolute atomic E-state index is 0.337. The van der Waals surface area contributed by atoms with E-state index in [-0.39, 0.29) is 11.2 Å². The number of nitrogens with zero attached hydrogens (tertiary/aromatic N) is 3. The van der Waals surface area contributed by atoms with Crippen molar-refractivity contribution in [2.45, 2.75) is 6.54 Å². The molecule has 0 aliphatic carbocycles. The molecule has 2 aromatic heterocycles. The molecular weight excluding hydrogens is 222 g/mol. The number of hydrogen-bond acceptors (Lipinski definition) is 3. The lowest BCUT2D eigenvalue weighted by molar-refractivity contribution is -0.873. The second kappa shape index (κ2) is 3.85. The predicted molar refractivity (Wildman–Crippen MR) is 63.1 cm³/mol. The van der Waals surface area contributed by atoms with Gasteiger partial charge in [-0.1, -0.05) is 0 Å². The van der Waals surface area contributed by atoms with Crippen molar-refractivity contribution in [1.82, 2.24) is 19.1 Å². The van der Waals surface area contributed by atoms with Crippen LogP contribution in [0.3, 0.4) is 0 Å². The van der Waals surface area contributed by atoms with Crippen LogP contribution in [0.15, 0.2) is 9.59 Å². The van der Waals surface area contributed by atoms with Gasteiger partial charge in [-0.15, -0.1) is 0 Å². The van der Waals surface area contributed by atoms with Gasteiger partial charge < -0.3 is 9.88 Å². The molecule has 17 heavy (non-hydrogen) atoms. The number of aromatic amines is 1. The SMILES string of the molecule is Cn1c(=O)c2[nH]c(C[NH+](C)C)nc2n(C)c1=O. The summed E-state index contributed by atoms with van der Waals surface area (Å²) >= 11 is 0. The van der Waals surface area contributed by atoms with Gasteiger partial charge in [-0.25, -0.2) is 9.78 Å². The third kappa shape index (κ3) is 1.78. The Morgan fingerprint density at radius 1 is 1.24 bits per heavy atom. The molecule has 0 bridgehead atoms. The highest BCUT2D eigenvalue weighted by Gasteiger charge is 2.14. The van der Waals surface area contributed by atoms with Crippen molar-refractivity contribution in [3.05, 3.63) is 26.7 Å². The maximum absolute atomic E-state index is 11.9. The Morgan fingerprint density at radius 2 is 1.88 bits per heavy atom. The third-order valence-corrected chi connectivity index (χ3v) is 2.66. The second-order valence-electron chi connectivity index (χ2n) is 4.47. The number of aromatic nitrogens is 4. The smallest absolute Gasteiger partial charge is 0.332 e. The molecular formula is C10H16N5O2+. The van der Waals surface area contributed by atoms with Crippen molar-refractivity contribution in [3.8, 4) is 0 Å². The Morgan fingerprint density at radius 3 is 2.47 bits per heavy atom. The molecule has 0 unspecified atom stereocenters. The van der Waals surface area contributed by atoms with Crippen LogP contribution in [0.5, 0.6) is 0 Å². The number of nitrogens with one attached hydrogen (secondary N) is 2. The fourth-order valence-electron chi connectivity index (χ4n) is 1.79. The van der Waals surface area contributed by atoms with Crippen LogP contribution >= 0.6 is 0 Å². The standard InChI is InChI=1S/C10H15N5O2/c1-13(2)5-6-11-7-8(12-6)14(3)10(17)15(4)9(7)16/h5H2,1-4H3,(H,11,12)/p+1. The van der Waals surface area contributed by atoms with Crippen molar-refractivity contribution < 1.29 is 4.90 Å². The van der Waals surface area contributed by atoms with E-state index in [1.165, 1.54) is 16.5 Å². The first-order valence-corrected chi connectivity index (χ1v) is 5.35. The van der Waals surface area contributed by atoms with Crippen LogP contribution in [0, 0.1) is 0 Å². The van der Waals surface area contributed by atoms with Crippen LogP contribution in [-0.2, 0) is 20.6 Å². The first kappa shape index (κ1) is 11.6. The zero-order valence-electron chi connectivity index (χ0n) is 10.4. The molecule has 92 valence electrons. The molecule has 7 heteroatoms. The summed E-state index contributed by atoms with van der Waals surface area (Å²) in [5, 5.41) is 0. The van der Waals surface area contributed by atoms with Crippen molar-refractivity contribution in [2.24, 2.45) is 14.1 Å². The normalized spacial score (nSPS) is 11.6. The van der Waals surface area contributed by atoms with E-state index >= 15 is 0 Å². The highest BCUT2D eigenvalue weighted by Crippen LogP contribution is 2.02. The summed E-state index contributed by atoms with van der Waals surface area (Å²) in [5.74, 6) is 0.707. The number of quaternary nitrogens is 1. The van der Waals surface area contributed by atoms with Crippen molar-refractivity contribution in [2.75, 3.05) is 14.1 Å². The Labute approximate surface area is 97.3 Å². The fourth-order valence-corrected chi connectivity index (χ4v) is 1.79. The number of rotatable bonds is 2. The van der Waals surface area contributed by atoms with Crippen molar-refractivity contribution >= 4 is 11.2 Å². The molecule has 0 fully saturated rings. The average molecular weight is 238 g/mol. The molecule has 2 aromatic rings. The van der Waals surface area contributed by atoms with E-state index in [0.29, 0.717) is 23.5 Å². The molecule has 2 N–H and O–H groups in total. The number of fused-ring (bicyclic) bond motifs is 1. The Hall–Kier alpha value is -1.89. The number of aryl methyl sites for hydroxylation is 1. The van der Waals surface area contributed by atoms with Crippen LogP contribution in [0.4, 0.5) is 0 Å². The van der Waals surface area contributed by atoms with Crippen molar-refractivity contribution in [1.29, 1.82) is 0 Å². The van der Waals surface area contributed by atoms with E-state index < -0.39 is 0 Å². The maximum atomic E-state index is 11.9.